The lowest BCUT2D eigenvalue weighted by atomic mass is 10.1. The quantitative estimate of drug-likeness (QED) is 0.654. The topological polar surface area (TPSA) is 34.9 Å². The second kappa shape index (κ2) is 5.96. The highest BCUT2D eigenvalue weighted by Crippen LogP contribution is 2.33. The maximum absolute atomic E-state index is 13.1. The Morgan fingerprint density at radius 2 is 1.62 bits per heavy atom. The molecular weight excluding hydrogens is 317 g/mol. The van der Waals surface area contributed by atoms with Crippen molar-refractivity contribution in [2.45, 2.75) is 13.1 Å². The van der Waals surface area contributed by atoms with Gasteiger partial charge in [-0.15, -0.1) is 0 Å². The molecule has 0 saturated heterocycles. The van der Waals surface area contributed by atoms with E-state index in [2.05, 4.69) is 5.10 Å². The fraction of sp³-hybridized carbons (Fsp3) is 0.111. The Morgan fingerprint density at radius 3 is 2.17 bits per heavy atom. The zero-order valence-electron chi connectivity index (χ0n) is 12.7. The number of aromatic nitrogens is 2. The summed E-state index contributed by atoms with van der Waals surface area (Å²) in [5, 5.41) is 3.71. The van der Waals surface area contributed by atoms with Gasteiger partial charge in [0.25, 0.3) is 0 Å². The number of rotatable bonds is 3. The molecule has 0 aliphatic heterocycles. The summed E-state index contributed by atoms with van der Waals surface area (Å²) in [4.78, 5) is 10.7. The number of carbonyl (C=O) groups is 1. The summed E-state index contributed by atoms with van der Waals surface area (Å²) in [5.41, 5.74) is 1.91. The van der Waals surface area contributed by atoms with Crippen LogP contribution in [0, 0.1) is 6.92 Å². The smallest absolute Gasteiger partial charge is 0.298 e. The molecular formula is C18H13F3N2O. The van der Waals surface area contributed by atoms with E-state index >= 15 is 0 Å². The van der Waals surface area contributed by atoms with Crippen LogP contribution < -0.4 is 0 Å². The molecule has 0 unspecified atom stereocenters. The number of carbonyl (C=O) groups excluding carboxylic acids is 1. The van der Waals surface area contributed by atoms with Gasteiger partial charge in [-0.05, 0) is 37.3 Å². The molecule has 1 aromatic heterocycles. The van der Waals surface area contributed by atoms with E-state index in [9.17, 15) is 18.0 Å². The predicted molar refractivity (Wildman–Crippen MR) is 84.1 cm³/mol. The summed E-state index contributed by atoms with van der Waals surface area (Å²) < 4.78 is 40.5. The van der Waals surface area contributed by atoms with Gasteiger partial charge in [-0.3, -0.25) is 4.79 Å². The zero-order chi connectivity index (χ0) is 17.3. The average molecular weight is 330 g/mol. The summed E-state index contributed by atoms with van der Waals surface area (Å²) in [5.74, 6) is 0. The van der Waals surface area contributed by atoms with Crippen LogP contribution >= 0.6 is 0 Å². The van der Waals surface area contributed by atoms with E-state index in [0.717, 1.165) is 11.6 Å². The number of alkyl halides is 3. The van der Waals surface area contributed by atoms with Crippen LogP contribution in [0.25, 0.3) is 16.9 Å². The zero-order valence-corrected chi connectivity index (χ0v) is 12.7. The van der Waals surface area contributed by atoms with E-state index < -0.39 is 11.9 Å². The van der Waals surface area contributed by atoms with Crippen molar-refractivity contribution in [3.63, 3.8) is 0 Å². The Labute approximate surface area is 136 Å². The van der Waals surface area contributed by atoms with E-state index in [1.165, 1.54) is 16.8 Å². The molecule has 3 aromatic rings. The minimum absolute atomic E-state index is 0.334. The summed E-state index contributed by atoms with van der Waals surface area (Å²) >= 11 is 0. The number of halogens is 3. The standard InChI is InChI=1S/C18H13F3N2O/c1-12-2-6-14(7-3-12)16-10-17(18(19,20)21)22-23(16)15-8-4-13(11-24)5-9-15/h2-11H,1H3. The van der Waals surface area contributed by atoms with Crippen molar-refractivity contribution in [1.29, 1.82) is 0 Å². The van der Waals surface area contributed by atoms with Gasteiger partial charge >= 0.3 is 6.18 Å². The van der Waals surface area contributed by atoms with Crippen LogP contribution in [0.5, 0.6) is 0 Å². The third kappa shape index (κ3) is 3.08. The average Bonchev–Trinajstić information content (AvgIpc) is 3.01. The molecule has 0 radical (unpaired) electrons. The van der Waals surface area contributed by atoms with Crippen LogP contribution in [-0.4, -0.2) is 16.1 Å². The minimum atomic E-state index is -4.53. The molecule has 0 amide bonds. The number of aldehydes is 1. The van der Waals surface area contributed by atoms with E-state index in [1.54, 1.807) is 24.3 Å². The van der Waals surface area contributed by atoms with Crippen LogP contribution in [-0.2, 0) is 6.18 Å². The van der Waals surface area contributed by atoms with Crippen molar-refractivity contribution in [3.05, 3.63) is 71.4 Å². The number of hydrogen-bond donors (Lipinski definition) is 0. The Balaban J connectivity index is 2.17. The predicted octanol–water partition coefficient (Wildman–Crippen LogP) is 4.68. The van der Waals surface area contributed by atoms with E-state index in [4.69, 9.17) is 0 Å². The number of aryl methyl sites for hydroxylation is 1. The molecule has 0 aliphatic carbocycles. The lowest BCUT2D eigenvalue weighted by molar-refractivity contribution is -0.141. The first kappa shape index (κ1) is 16.0. The molecule has 0 spiro atoms. The largest absolute Gasteiger partial charge is 0.435 e. The molecule has 3 nitrogen and oxygen atoms in total. The molecule has 2 aromatic carbocycles. The lowest BCUT2D eigenvalue weighted by Gasteiger charge is -2.08. The third-order valence-electron chi connectivity index (χ3n) is 3.62. The molecule has 0 saturated carbocycles. The van der Waals surface area contributed by atoms with Gasteiger partial charge in [-0.25, -0.2) is 4.68 Å². The number of benzene rings is 2. The molecule has 122 valence electrons. The SMILES string of the molecule is Cc1ccc(-c2cc(C(F)(F)F)nn2-c2ccc(C=O)cc2)cc1. The molecule has 24 heavy (non-hydrogen) atoms. The first-order valence-corrected chi connectivity index (χ1v) is 7.18. The fourth-order valence-electron chi connectivity index (χ4n) is 2.34. The number of nitrogens with zero attached hydrogens (tertiary/aromatic N) is 2. The summed E-state index contributed by atoms with van der Waals surface area (Å²) in [6, 6.07) is 14.4. The van der Waals surface area contributed by atoms with Crippen molar-refractivity contribution in [3.8, 4) is 16.9 Å². The van der Waals surface area contributed by atoms with Gasteiger partial charge in [-0.2, -0.15) is 18.3 Å². The van der Waals surface area contributed by atoms with Gasteiger partial charge in [0.15, 0.2) is 5.69 Å². The van der Waals surface area contributed by atoms with Gasteiger partial charge in [0, 0.05) is 11.1 Å². The van der Waals surface area contributed by atoms with E-state index in [0.29, 0.717) is 28.8 Å². The molecule has 0 aliphatic rings. The van der Waals surface area contributed by atoms with Gasteiger partial charge in [-0.1, -0.05) is 29.8 Å². The van der Waals surface area contributed by atoms with Gasteiger partial charge < -0.3 is 0 Å². The van der Waals surface area contributed by atoms with Crippen LogP contribution in [0.1, 0.15) is 21.6 Å². The third-order valence-corrected chi connectivity index (χ3v) is 3.62. The van der Waals surface area contributed by atoms with Gasteiger partial charge in [0.05, 0.1) is 11.4 Å². The van der Waals surface area contributed by atoms with Crippen molar-refractivity contribution in [2.24, 2.45) is 0 Å². The molecule has 3 rings (SSSR count). The molecule has 0 fully saturated rings. The van der Waals surface area contributed by atoms with Gasteiger partial charge in [0.2, 0.25) is 0 Å². The van der Waals surface area contributed by atoms with Crippen LogP contribution in [0.3, 0.4) is 0 Å². The normalized spacial score (nSPS) is 11.5. The Kier molecular flexibility index (Phi) is 3.97. The van der Waals surface area contributed by atoms with Gasteiger partial charge in [0.1, 0.15) is 6.29 Å². The summed E-state index contributed by atoms with van der Waals surface area (Å²) in [7, 11) is 0. The second-order valence-electron chi connectivity index (χ2n) is 5.40. The summed E-state index contributed by atoms with van der Waals surface area (Å²) in [6.45, 7) is 1.90. The van der Waals surface area contributed by atoms with E-state index in [-0.39, 0.29) is 0 Å². The lowest BCUT2D eigenvalue weighted by Crippen LogP contribution is -2.07. The fourth-order valence-corrected chi connectivity index (χ4v) is 2.34. The minimum Gasteiger partial charge on any atom is -0.298 e. The monoisotopic (exact) mass is 330 g/mol. The van der Waals surface area contributed by atoms with Crippen LogP contribution in [0.15, 0.2) is 54.6 Å². The molecule has 0 N–H and O–H groups in total. The van der Waals surface area contributed by atoms with Crippen LogP contribution in [0.4, 0.5) is 13.2 Å². The first-order valence-electron chi connectivity index (χ1n) is 7.18. The van der Waals surface area contributed by atoms with Crippen molar-refractivity contribution >= 4 is 6.29 Å². The van der Waals surface area contributed by atoms with E-state index in [1.807, 2.05) is 19.1 Å². The maximum atomic E-state index is 13.1. The van der Waals surface area contributed by atoms with Crippen molar-refractivity contribution in [2.75, 3.05) is 0 Å². The molecule has 0 bridgehead atoms. The molecule has 0 atom stereocenters. The Morgan fingerprint density at radius 1 is 1.00 bits per heavy atom. The first-order chi connectivity index (χ1) is 11.4. The Bertz CT molecular complexity index is 863. The summed E-state index contributed by atoms with van der Waals surface area (Å²) in [6.07, 6.45) is -3.86. The molecule has 1 heterocycles. The van der Waals surface area contributed by atoms with Crippen LogP contribution in [0.2, 0.25) is 0 Å². The maximum Gasteiger partial charge on any atom is 0.435 e. The Hall–Kier alpha value is -2.89. The van der Waals surface area contributed by atoms with Crippen molar-refractivity contribution < 1.29 is 18.0 Å². The highest BCUT2D eigenvalue weighted by atomic mass is 19.4. The highest BCUT2D eigenvalue weighted by molar-refractivity contribution is 5.75. The highest BCUT2D eigenvalue weighted by Gasteiger charge is 2.35. The number of hydrogen-bond acceptors (Lipinski definition) is 2. The molecule has 6 heteroatoms. The van der Waals surface area contributed by atoms with Crippen molar-refractivity contribution in [1.82, 2.24) is 9.78 Å². The second-order valence-corrected chi connectivity index (χ2v) is 5.40.